The fraction of sp³-hybridized carbons (Fsp3) is 0. The molecule has 2 aromatic heterocycles. The molecule has 0 unspecified atom stereocenters. The van der Waals surface area contributed by atoms with Gasteiger partial charge in [0.25, 0.3) is 0 Å². The van der Waals surface area contributed by atoms with Crippen molar-refractivity contribution in [1.82, 2.24) is 15.0 Å². The first-order valence-electron chi connectivity index (χ1n) is 25.7. The summed E-state index contributed by atoms with van der Waals surface area (Å²) in [4.78, 5) is 15.6. The zero-order valence-electron chi connectivity index (χ0n) is 41.9. The Kier molecular flexibility index (Phi) is 13.7. The molecule has 0 bridgehead atoms. The summed E-state index contributed by atoms with van der Waals surface area (Å²) in [6, 6.07) is 105. The maximum absolute atomic E-state index is 5.40. The second kappa shape index (κ2) is 21.8. The summed E-state index contributed by atoms with van der Waals surface area (Å²) in [6.45, 7) is 0. The Hall–Kier alpha value is -9.44. The molecule has 3 nitrogen and oxygen atoms in total. The molecule has 0 N–H and O–H groups in total. The fourth-order valence-electron chi connectivity index (χ4n) is 10.3. The Morgan fingerprint density at radius 2 is 0.623 bits per heavy atom. The Labute approximate surface area is 463 Å². The van der Waals surface area contributed by atoms with Crippen molar-refractivity contribution in [3.05, 3.63) is 297 Å². The number of rotatable bonds is 11. The largest absolute Gasteiger partial charge is 0.304 e. The monoisotopic (exact) mass is 1160 g/mol. The molecule has 0 saturated heterocycles. The summed E-state index contributed by atoms with van der Waals surface area (Å²) in [5.74, 6) is 0.645. The van der Waals surface area contributed by atoms with Gasteiger partial charge in [-0.3, -0.25) is 0 Å². The topological polar surface area (TPSA) is 38.7 Å². The van der Waals surface area contributed by atoms with E-state index in [1.165, 1.54) is 22.3 Å². The predicted octanol–water partition coefficient (Wildman–Crippen LogP) is 19.2. The number of hydrogen-bond acceptors (Lipinski definition) is 3. The minimum absolute atomic E-state index is 0. The zero-order chi connectivity index (χ0) is 50.6. The van der Waals surface area contributed by atoms with E-state index in [9.17, 15) is 0 Å². The van der Waals surface area contributed by atoms with Crippen molar-refractivity contribution in [3.63, 3.8) is 0 Å². The van der Waals surface area contributed by atoms with Crippen LogP contribution in [0.2, 0.25) is 0 Å². The molecule has 0 amide bonds. The molecular weight excluding hydrogens is 1110 g/mol. The van der Waals surface area contributed by atoms with Gasteiger partial charge in [-0.2, -0.15) is 0 Å². The summed E-state index contributed by atoms with van der Waals surface area (Å²) in [6.07, 6.45) is 1.87. The van der Waals surface area contributed by atoms with Crippen LogP contribution in [0.5, 0.6) is 0 Å². The normalized spacial score (nSPS) is 11.0. The van der Waals surface area contributed by atoms with Crippen LogP contribution in [-0.4, -0.2) is 15.0 Å². The maximum atomic E-state index is 5.40. The number of nitrogens with zero attached hydrogens (tertiary/aromatic N) is 3. The smallest absolute Gasteiger partial charge is 0.160 e. The SMILES string of the molecule is [Ir].[c-]1ccc(-c2ccc(-c3nc(-c4cccc(-c5cc(-c6ccccc6)cc(-c6ccccc6)c5)c4)cc(-c4cccc(-c5cc(-c6ccccc6)cc(-c6ccccc6)c5)c4)n3)cc2)cc1-c1nccc2ccccc12. The Morgan fingerprint density at radius 1 is 0.260 bits per heavy atom. The molecule has 0 spiro atoms. The van der Waals surface area contributed by atoms with E-state index in [-0.39, 0.29) is 20.1 Å². The van der Waals surface area contributed by atoms with Gasteiger partial charge in [0.05, 0.1) is 11.4 Å². The van der Waals surface area contributed by atoms with Gasteiger partial charge in [-0.05, 0) is 149 Å². The summed E-state index contributed by atoms with van der Waals surface area (Å²) in [5, 5.41) is 2.26. The van der Waals surface area contributed by atoms with Crippen molar-refractivity contribution in [1.29, 1.82) is 0 Å². The predicted molar refractivity (Wildman–Crippen MR) is 316 cm³/mol. The molecule has 0 saturated carbocycles. The molecular formula is C73H48IrN3-. The van der Waals surface area contributed by atoms with Crippen LogP contribution in [0.15, 0.2) is 291 Å². The van der Waals surface area contributed by atoms with Gasteiger partial charge in [-0.1, -0.05) is 206 Å². The number of hydrogen-bond donors (Lipinski definition) is 0. The molecule has 77 heavy (non-hydrogen) atoms. The molecule has 365 valence electrons. The third-order valence-corrected chi connectivity index (χ3v) is 14.2. The zero-order valence-corrected chi connectivity index (χ0v) is 44.3. The van der Waals surface area contributed by atoms with E-state index in [1.54, 1.807) is 0 Å². The van der Waals surface area contributed by atoms with Crippen molar-refractivity contribution < 1.29 is 20.1 Å². The molecule has 2 heterocycles. The average Bonchev–Trinajstić information content (AvgIpc) is 3.53. The minimum Gasteiger partial charge on any atom is -0.304 e. The van der Waals surface area contributed by atoms with Crippen molar-refractivity contribution in [2.45, 2.75) is 0 Å². The molecule has 0 aliphatic carbocycles. The van der Waals surface area contributed by atoms with Gasteiger partial charge in [0.1, 0.15) is 0 Å². The molecule has 11 aromatic carbocycles. The molecule has 0 aliphatic rings. The third kappa shape index (κ3) is 10.4. The first-order valence-corrected chi connectivity index (χ1v) is 25.7. The Balaban J connectivity index is 0.00000596. The van der Waals surface area contributed by atoms with Crippen LogP contribution < -0.4 is 0 Å². The van der Waals surface area contributed by atoms with Crippen molar-refractivity contribution >= 4 is 10.8 Å². The standard InChI is InChI=1S/C73H48N3.Ir/c1-5-18-50(19-6-1)63-43-64(51-20-7-2-8-21-51)46-67(45-63)58-28-15-30-60(40-58)70-49-71(61-31-16-29-59(41-61)68-47-65(52-22-9-3-10-23-52)44-66(48-68)53-24-11-4-12-25-53)76-73(75-70)56-36-34-54(35-37-56)57-27-17-32-62(42-57)72-69-33-14-13-26-55(69)38-39-74-72;/h1-31,33-49H;/q-1;. The maximum Gasteiger partial charge on any atom is 0.160 e. The van der Waals surface area contributed by atoms with E-state index in [0.717, 1.165) is 106 Å². The van der Waals surface area contributed by atoms with E-state index < -0.39 is 0 Å². The van der Waals surface area contributed by atoms with Crippen molar-refractivity contribution in [2.75, 3.05) is 0 Å². The van der Waals surface area contributed by atoms with E-state index in [0.29, 0.717) is 5.82 Å². The summed E-state index contributed by atoms with van der Waals surface area (Å²) < 4.78 is 0. The van der Waals surface area contributed by atoms with Crippen LogP contribution in [0.3, 0.4) is 0 Å². The van der Waals surface area contributed by atoms with Gasteiger partial charge in [0.2, 0.25) is 0 Å². The first-order chi connectivity index (χ1) is 37.6. The quantitative estimate of drug-likeness (QED) is 0.121. The third-order valence-electron chi connectivity index (χ3n) is 14.2. The van der Waals surface area contributed by atoms with Gasteiger partial charge in [0, 0.05) is 43.0 Å². The van der Waals surface area contributed by atoms with Gasteiger partial charge < -0.3 is 4.98 Å². The van der Waals surface area contributed by atoms with Crippen LogP contribution in [0, 0.1) is 6.07 Å². The van der Waals surface area contributed by atoms with Crippen LogP contribution >= 0.6 is 0 Å². The van der Waals surface area contributed by atoms with E-state index in [1.807, 2.05) is 12.3 Å². The van der Waals surface area contributed by atoms with E-state index in [4.69, 9.17) is 15.0 Å². The molecule has 0 aliphatic heterocycles. The van der Waals surface area contributed by atoms with Crippen molar-refractivity contribution in [2.24, 2.45) is 0 Å². The summed E-state index contributed by atoms with van der Waals surface area (Å²) in [7, 11) is 0. The fourth-order valence-corrected chi connectivity index (χ4v) is 10.3. The Bertz CT molecular complexity index is 3890. The Morgan fingerprint density at radius 3 is 1.10 bits per heavy atom. The number of aromatic nitrogens is 3. The van der Waals surface area contributed by atoms with Gasteiger partial charge >= 0.3 is 0 Å². The number of benzene rings is 11. The van der Waals surface area contributed by atoms with Crippen molar-refractivity contribution in [3.8, 4) is 123 Å². The molecule has 0 atom stereocenters. The van der Waals surface area contributed by atoms with Crippen LogP contribution in [0.4, 0.5) is 0 Å². The van der Waals surface area contributed by atoms with Crippen LogP contribution in [0.25, 0.3) is 134 Å². The van der Waals surface area contributed by atoms with Gasteiger partial charge in [0.15, 0.2) is 5.82 Å². The number of pyridine rings is 1. The van der Waals surface area contributed by atoms with E-state index >= 15 is 0 Å². The van der Waals surface area contributed by atoms with Crippen LogP contribution in [-0.2, 0) is 20.1 Å². The first kappa shape index (κ1) is 48.5. The summed E-state index contributed by atoms with van der Waals surface area (Å²) >= 11 is 0. The molecule has 0 fully saturated rings. The van der Waals surface area contributed by atoms with Gasteiger partial charge in [-0.15, -0.1) is 35.4 Å². The molecule has 1 radical (unpaired) electrons. The molecule has 13 rings (SSSR count). The second-order valence-corrected chi connectivity index (χ2v) is 19.1. The van der Waals surface area contributed by atoms with Crippen LogP contribution in [0.1, 0.15) is 0 Å². The summed E-state index contributed by atoms with van der Waals surface area (Å²) in [5.41, 5.74) is 22.4. The number of fused-ring (bicyclic) bond motifs is 1. The second-order valence-electron chi connectivity index (χ2n) is 19.1. The molecule has 4 heteroatoms. The average molecular weight is 1160 g/mol. The van der Waals surface area contributed by atoms with Gasteiger partial charge in [-0.25, -0.2) is 9.97 Å². The minimum atomic E-state index is 0. The van der Waals surface area contributed by atoms with E-state index in [2.05, 4.69) is 285 Å². The molecule has 13 aromatic rings.